The molecule has 0 saturated heterocycles. The maximum Gasteiger partial charge on any atom is 0.304 e. The van der Waals surface area contributed by atoms with Gasteiger partial charge in [-0.05, 0) is 0 Å². The third kappa shape index (κ3) is 4.97. The van der Waals surface area contributed by atoms with Crippen LogP contribution in [-0.4, -0.2) is 11.8 Å². The van der Waals surface area contributed by atoms with E-state index in [9.17, 15) is 17.6 Å². The summed E-state index contributed by atoms with van der Waals surface area (Å²) in [4.78, 5) is 0. The van der Waals surface area contributed by atoms with Gasteiger partial charge in [0.1, 0.15) is 34.9 Å². The van der Waals surface area contributed by atoms with Gasteiger partial charge in [-0.1, -0.05) is 97.1 Å². The Morgan fingerprint density at radius 2 is 0.403 bits per heavy atom. The van der Waals surface area contributed by atoms with Gasteiger partial charge in [0, 0.05) is 43.8 Å². The van der Waals surface area contributed by atoms with Crippen molar-refractivity contribution in [2.75, 3.05) is 0 Å². The summed E-state index contributed by atoms with van der Waals surface area (Å²) in [5.74, 6) is -41.3. The molecule has 318 valence electrons. The highest BCUT2D eigenvalue weighted by Crippen LogP contribution is 2.71. The van der Waals surface area contributed by atoms with Gasteiger partial charge in [0.15, 0.2) is 0 Å². The van der Waals surface area contributed by atoms with Crippen molar-refractivity contribution < 1.29 is 79.0 Å². The highest BCUT2D eigenvalue weighted by atomic mass is 19.3. The molecule has 0 spiro atoms. The summed E-state index contributed by atoms with van der Waals surface area (Å²) in [6.45, 7) is 0. The first-order valence-electron chi connectivity index (χ1n) is 17.7. The number of hydrogen-bond donors (Lipinski definition) is 0. The molecule has 0 atom stereocenters. The van der Waals surface area contributed by atoms with Crippen LogP contribution in [0.2, 0.25) is 0 Å². The second-order valence-corrected chi connectivity index (χ2v) is 14.5. The van der Waals surface area contributed by atoms with Gasteiger partial charge in [-0.3, -0.25) is 0 Å². The van der Waals surface area contributed by atoms with Crippen LogP contribution >= 0.6 is 0 Å². The minimum atomic E-state index is -5.99. The van der Waals surface area contributed by atoms with E-state index in [1.807, 2.05) is 0 Å². The van der Waals surface area contributed by atoms with Crippen LogP contribution in [0.15, 0.2) is 119 Å². The number of benzene rings is 7. The van der Waals surface area contributed by atoms with Crippen molar-refractivity contribution in [3.63, 3.8) is 0 Å². The van der Waals surface area contributed by atoms with Crippen molar-refractivity contribution in [2.24, 2.45) is 0 Å². The lowest BCUT2D eigenvalue weighted by molar-refractivity contribution is -0.138. The minimum absolute atomic E-state index is 0.244. The van der Waals surface area contributed by atoms with Gasteiger partial charge in [0.05, 0.1) is 43.8 Å². The quantitative estimate of drug-likeness (QED) is 0.0809. The summed E-state index contributed by atoms with van der Waals surface area (Å²) < 4.78 is 273. The maximum atomic E-state index is 15.4. The molecule has 0 saturated carbocycles. The highest BCUT2D eigenvalue weighted by Gasteiger charge is 2.78. The third-order valence-electron chi connectivity index (χ3n) is 11.3. The summed E-state index contributed by atoms with van der Waals surface area (Å²) in [6.07, 6.45) is 0. The van der Waals surface area contributed by atoms with Crippen molar-refractivity contribution in [2.45, 2.75) is 35.5 Å². The van der Waals surface area contributed by atoms with Crippen LogP contribution < -0.4 is 0 Å². The van der Waals surface area contributed by atoms with Crippen LogP contribution in [-0.2, 0) is 23.7 Å². The van der Waals surface area contributed by atoms with Crippen LogP contribution in [0.5, 0.6) is 0 Å². The topological polar surface area (TPSA) is 0 Å². The van der Waals surface area contributed by atoms with Crippen LogP contribution in [0.1, 0.15) is 22.3 Å². The van der Waals surface area contributed by atoms with Gasteiger partial charge < -0.3 is 0 Å². The van der Waals surface area contributed by atoms with E-state index in [0.717, 1.165) is 24.3 Å². The predicted octanol–water partition coefficient (Wildman–Crippen LogP) is 14.8. The van der Waals surface area contributed by atoms with E-state index in [-0.39, 0.29) is 45.8 Å². The standard InChI is InChI=1S/C22H8F12.C22H8F6/c23-17(24)9-5-1-2-6-10(9)18(25,26)14-13(17)21(31,32)15-16(22(14,33)34)20(29,30)12-8-4-3-7-11(12)19(15,27)28;23-17-9-5-1-2-6-10(9)18(24)14-13(17)21(27)15-16(22(14)28)20(26)12-8-4-3-7-11(12)19(15)25/h1-8H;1-8H. The molecular weight excluding hydrogens is 870 g/mol. The van der Waals surface area contributed by atoms with Crippen molar-refractivity contribution in [3.05, 3.63) is 177 Å². The van der Waals surface area contributed by atoms with E-state index in [2.05, 4.69) is 0 Å². The monoisotopic (exact) mass is 886 g/mol. The van der Waals surface area contributed by atoms with Crippen molar-refractivity contribution in [1.29, 1.82) is 0 Å². The molecule has 7 aromatic carbocycles. The molecule has 10 rings (SSSR count). The average Bonchev–Trinajstić information content (AvgIpc) is 3.22. The number of fused-ring (bicyclic) bond motifs is 6. The Morgan fingerprint density at radius 1 is 0.226 bits per heavy atom. The van der Waals surface area contributed by atoms with E-state index in [0.29, 0.717) is 0 Å². The Balaban J connectivity index is 0.000000161. The largest absolute Gasteiger partial charge is 0.304 e. The zero-order valence-electron chi connectivity index (χ0n) is 30.0. The molecule has 0 amide bonds. The summed E-state index contributed by atoms with van der Waals surface area (Å²) in [7, 11) is 0. The zero-order valence-corrected chi connectivity index (χ0v) is 30.0. The summed E-state index contributed by atoms with van der Waals surface area (Å²) in [6, 6.07) is 14.3. The Morgan fingerprint density at radius 3 is 0.597 bits per heavy atom. The Hall–Kier alpha value is -6.20. The van der Waals surface area contributed by atoms with Crippen molar-refractivity contribution >= 4 is 43.1 Å². The van der Waals surface area contributed by atoms with Gasteiger partial charge in [-0.15, -0.1) is 0 Å². The normalized spacial score (nSPS) is 19.8. The van der Waals surface area contributed by atoms with E-state index >= 15 is 61.5 Å². The fourth-order valence-corrected chi connectivity index (χ4v) is 8.68. The molecule has 0 aromatic heterocycles. The van der Waals surface area contributed by atoms with Crippen LogP contribution in [0.25, 0.3) is 43.1 Å². The number of allylic oxidation sites excluding steroid dienone is 4. The summed E-state index contributed by atoms with van der Waals surface area (Å²) in [5, 5.41) is -5.33. The lowest BCUT2D eigenvalue weighted by Gasteiger charge is -2.49. The molecular formula is C44H16F18. The highest BCUT2D eigenvalue weighted by molar-refractivity contribution is 6.10. The number of halogens is 18. The van der Waals surface area contributed by atoms with E-state index in [1.165, 1.54) is 48.5 Å². The molecule has 0 nitrogen and oxygen atoms in total. The molecule has 0 fully saturated rings. The van der Waals surface area contributed by atoms with Gasteiger partial charge in [0.25, 0.3) is 0 Å². The number of hydrogen-bond acceptors (Lipinski definition) is 0. The molecule has 0 heterocycles. The lowest BCUT2D eigenvalue weighted by atomic mass is 9.64. The summed E-state index contributed by atoms with van der Waals surface area (Å²) in [5.41, 5.74) is -20.6. The first kappa shape index (κ1) is 41.2. The van der Waals surface area contributed by atoms with E-state index in [4.69, 9.17) is 0 Å². The molecule has 18 heteroatoms. The SMILES string of the molecule is FC1(F)C2=C(C(F)(F)C3=C1C(F)(F)c1ccccc1C3(F)F)C(F)(F)c1ccccc1C2(F)F.Fc1c2ccccc2c(F)c2c(F)c3c(F)c4ccccc4c(F)c3c(F)c12. The van der Waals surface area contributed by atoms with Crippen molar-refractivity contribution in [3.8, 4) is 0 Å². The molecule has 7 aromatic rings. The molecule has 3 aliphatic carbocycles. The first-order valence-corrected chi connectivity index (χ1v) is 17.7. The fraction of sp³-hybridized carbons (Fsp3) is 0.136. The molecule has 0 bridgehead atoms. The van der Waals surface area contributed by atoms with Gasteiger partial charge in [-0.25, -0.2) is 26.3 Å². The first-order chi connectivity index (χ1) is 28.9. The van der Waals surface area contributed by atoms with Crippen LogP contribution in [0.3, 0.4) is 0 Å². The maximum absolute atomic E-state index is 15.4. The molecule has 0 aliphatic heterocycles. The Kier molecular flexibility index (Phi) is 8.43. The molecule has 0 N–H and O–H groups in total. The van der Waals surface area contributed by atoms with Crippen LogP contribution in [0, 0.1) is 34.9 Å². The third-order valence-corrected chi connectivity index (χ3v) is 11.3. The average molecular weight is 887 g/mol. The smallest absolute Gasteiger partial charge is 0.206 e. The minimum Gasteiger partial charge on any atom is -0.206 e. The number of rotatable bonds is 0. The fourth-order valence-electron chi connectivity index (χ4n) is 8.68. The zero-order chi connectivity index (χ0) is 45.0. The predicted molar refractivity (Wildman–Crippen MR) is 189 cm³/mol. The summed E-state index contributed by atoms with van der Waals surface area (Å²) >= 11 is 0. The Labute approximate surface area is 334 Å². The lowest BCUT2D eigenvalue weighted by Crippen LogP contribution is -2.57. The van der Waals surface area contributed by atoms with E-state index < -0.39 is 137 Å². The van der Waals surface area contributed by atoms with Gasteiger partial charge >= 0.3 is 35.5 Å². The van der Waals surface area contributed by atoms with Crippen LogP contribution in [0.4, 0.5) is 79.0 Å². The molecule has 62 heavy (non-hydrogen) atoms. The van der Waals surface area contributed by atoms with Gasteiger partial charge in [-0.2, -0.15) is 52.7 Å². The van der Waals surface area contributed by atoms with Crippen molar-refractivity contribution in [1.82, 2.24) is 0 Å². The van der Waals surface area contributed by atoms with Gasteiger partial charge in [0.2, 0.25) is 0 Å². The Bertz CT molecular complexity index is 2800. The number of alkyl halides is 12. The molecule has 3 aliphatic rings. The second kappa shape index (κ2) is 12.7. The molecule has 0 unspecified atom stereocenters. The molecule has 0 radical (unpaired) electrons. The second-order valence-electron chi connectivity index (χ2n) is 14.5. The van der Waals surface area contributed by atoms with E-state index in [1.54, 1.807) is 0 Å².